The lowest BCUT2D eigenvalue weighted by atomic mass is 10.1. The summed E-state index contributed by atoms with van der Waals surface area (Å²) >= 11 is 0. The molecule has 0 bridgehead atoms. The summed E-state index contributed by atoms with van der Waals surface area (Å²) in [6.07, 6.45) is 0.502. The zero-order valence-electron chi connectivity index (χ0n) is 17.3. The average molecular weight is 431 g/mol. The van der Waals surface area contributed by atoms with E-state index < -0.39 is 24.3 Å². The number of amides is 2. The number of anilines is 2. The molecule has 0 saturated heterocycles. The van der Waals surface area contributed by atoms with E-state index in [9.17, 15) is 28.5 Å². The molecular formula is C22H23F2N3O4. The molecule has 2 atom stereocenters. The van der Waals surface area contributed by atoms with Crippen molar-refractivity contribution in [1.29, 1.82) is 0 Å². The van der Waals surface area contributed by atoms with E-state index in [4.69, 9.17) is 0 Å². The van der Waals surface area contributed by atoms with Crippen LogP contribution in [0.3, 0.4) is 0 Å². The molecule has 2 heterocycles. The highest BCUT2D eigenvalue weighted by molar-refractivity contribution is 6.02. The lowest BCUT2D eigenvalue weighted by Gasteiger charge is -2.22. The summed E-state index contributed by atoms with van der Waals surface area (Å²) in [6, 6.07) is 10.9. The molecule has 2 aromatic rings. The van der Waals surface area contributed by atoms with Crippen molar-refractivity contribution in [2.24, 2.45) is 0 Å². The van der Waals surface area contributed by atoms with Gasteiger partial charge in [0.1, 0.15) is 13.3 Å². The van der Waals surface area contributed by atoms with E-state index in [2.05, 4.69) is 0 Å². The van der Waals surface area contributed by atoms with Crippen LogP contribution in [0.15, 0.2) is 42.5 Å². The van der Waals surface area contributed by atoms with Crippen LogP contribution < -0.4 is 9.80 Å². The highest BCUT2D eigenvalue weighted by Gasteiger charge is 2.32. The van der Waals surface area contributed by atoms with Crippen molar-refractivity contribution in [2.75, 3.05) is 23.1 Å². The molecule has 31 heavy (non-hydrogen) atoms. The van der Waals surface area contributed by atoms with Gasteiger partial charge in [0.25, 0.3) is 5.69 Å². The SMILES string of the molecule is CC(CF)N1C(=O)Cc2cc([N+](=O)[O-])ccc21.CC(CF)N1C(=O)Cc2ccccc21. The first-order valence-electron chi connectivity index (χ1n) is 9.89. The average Bonchev–Trinajstić information content (AvgIpc) is 3.27. The van der Waals surface area contributed by atoms with Crippen LogP contribution in [0.1, 0.15) is 25.0 Å². The minimum atomic E-state index is -0.637. The second-order valence-electron chi connectivity index (χ2n) is 7.59. The summed E-state index contributed by atoms with van der Waals surface area (Å²) in [6.45, 7) is 2.19. The summed E-state index contributed by atoms with van der Waals surface area (Å²) in [7, 11) is 0. The largest absolute Gasteiger partial charge is 0.306 e. The molecule has 2 unspecified atom stereocenters. The Hall–Kier alpha value is -3.36. The highest BCUT2D eigenvalue weighted by atomic mass is 19.1. The van der Waals surface area contributed by atoms with E-state index in [1.165, 1.54) is 23.1 Å². The molecular weight excluding hydrogens is 408 g/mol. The summed E-state index contributed by atoms with van der Waals surface area (Å²) in [5, 5.41) is 10.6. The van der Waals surface area contributed by atoms with E-state index in [1.54, 1.807) is 18.7 Å². The molecule has 2 aliphatic rings. The lowest BCUT2D eigenvalue weighted by molar-refractivity contribution is -0.384. The predicted octanol–water partition coefficient (Wildman–Crippen LogP) is 3.78. The maximum absolute atomic E-state index is 12.6. The number of halogens is 2. The molecule has 0 aromatic heterocycles. The number of nitro groups is 1. The molecule has 0 N–H and O–H groups in total. The normalized spacial score (nSPS) is 16.4. The van der Waals surface area contributed by atoms with Crippen LogP contribution >= 0.6 is 0 Å². The zero-order chi connectivity index (χ0) is 22.7. The van der Waals surface area contributed by atoms with Gasteiger partial charge in [-0.25, -0.2) is 8.78 Å². The maximum Gasteiger partial charge on any atom is 0.269 e. The molecule has 2 amide bonds. The molecule has 2 aromatic carbocycles. The van der Waals surface area contributed by atoms with Gasteiger partial charge in [0, 0.05) is 23.5 Å². The predicted molar refractivity (Wildman–Crippen MR) is 113 cm³/mol. The van der Waals surface area contributed by atoms with Crippen molar-refractivity contribution in [2.45, 2.75) is 38.8 Å². The number of rotatable bonds is 5. The molecule has 2 aliphatic heterocycles. The quantitative estimate of drug-likeness (QED) is 0.533. The number of hydrogen-bond acceptors (Lipinski definition) is 4. The van der Waals surface area contributed by atoms with Crippen LogP contribution in [-0.2, 0) is 22.4 Å². The molecule has 164 valence electrons. The van der Waals surface area contributed by atoms with Crippen molar-refractivity contribution in [1.82, 2.24) is 0 Å². The van der Waals surface area contributed by atoms with Crippen LogP contribution in [0.5, 0.6) is 0 Å². The molecule has 7 nitrogen and oxygen atoms in total. The van der Waals surface area contributed by atoms with Gasteiger partial charge in [0.15, 0.2) is 0 Å². The Morgan fingerprint density at radius 1 is 0.903 bits per heavy atom. The molecule has 4 rings (SSSR count). The fraction of sp³-hybridized carbons (Fsp3) is 0.364. The Labute approximate surface area is 178 Å². The van der Waals surface area contributed by atoms with Gasteiger partial charge in [-0.1, -0.05) is 18.2 Å². The van der Waals surface area contributed by atoms with Gasteiger partial charge in [-0.2, -0.15) is 0 Å². The summed E-state index contributed by atoms with van der Waals surface area (Å²) < 4.78 is 25.1. The second kappa shape index (κ2) is 9.20. The Morgan fingerprint density at radius 2 is 1.42 bits per heavy atom. The minimum absolute atomic E-state index is 0.00338. The number of nitrogens with zero attached hydrogens (tertiary/aromatic N) is 3. The minimum Gasteiger partial charge on any atom is -0.306 e. The van der Waals surface area contributed by atoms with Crippen LogP contribution in [0, 0.1) is 10.1 Å². The van der Waals surface area contributed by atoms with Gasteiger partial charge in [-0.15, -0.1) is 0 Å². The van der Waals surface area contributed by atoms with E-state index in [0.717, 1.165) is 11.3 Å². The topological polar surface area (TPSA) is 83.8 Å². The van der Waals surface area contributed by atoms with Crippen molar-refractivity contribution >= 4 is 28.9 Å². The Morgan fingerprint density at radius 3 is 1.97 bits per heavy atom. The van der Waals surface area contributed by atoms with Gasteiger partial charge in [-0.05, 0) is 37.1 Å². The summed E-state index contributed by atoms with van der Waals surface area (Å²) in [5.41, 5.74) is 2.97. The Kier molecular flexibility index (Phi) is 6.62. The Bertz CT molecular complexity index is 1010. The first-order chi connectivity index (χ1) is 14.8. The standard InChI is InChI=1S/C11H11FN2O3.C11H12FNO/c1-7(6-12)13-10-3-2-9(14(16)17)4-8(10)5-11(13)15;1-8(7-12)13-10-5-3-2-4-9(10)6-11(13)14/h2-4,7H,5-6H2,1H3;2-5,8H,6-7H2,1H3. The first kappa shape index (κ1) is 22.3. The van der Waals surface area contributed by atoms with Gasteiger partial charge < -0.3 is 9.80 Å². The number of hydrogen-bond donors (Lipinski definition) is 0. The third-order valence-corrected chi connectivity index (χ3v) is 5.33. The number of carbonyl (C=O) groups is 2. The van der Waals surface area contributed by atoms with E-state index in [1.807, 2.05) is 24.3 Å². The van der Waals surface area contributed by atoms with Gasteiger partial charge in [-0.3, -0.25) is 19.7 Å². The van der Waals surface area contributed by atoms with Gasteiger partial charge in [0.05, 0.1) is 29.8 Å². The van der Waals surface area contributed by atoms with Crippen molar-refractivity contribution in [3.05, 3.63) is 63.7 Å². The lowest BCUT2D eigenvalue weighted by Crippen LogP contribution is -2.37. The molecule has 0 spiro atoms. The van der Waals surface area contributed by atoms with Crippen LogP contribution in [0.4, 0.5) is 25.8 Å². The third kappa shape index (κ3) is 4.40. The number of non-ortho nitro benzene ring substituents is 1. The smallest absolute Gasteiger partial charge is 0.269 e. The van der Waals surface area contributed by atoms with Crippen molar-refractivity contribution in [3.63, 3.8) is 0 Å². The molecule has 9 heteroatoms. The van der Waals surface area contributed by atoms with Crippen LogP contribution in [0.25, 0.3) is 0 Å². The fourth-order valence-corrected chi connectivity index (χ4v) is 3.83. The van der Waals surface area contributed by atoms with Crippen LogP contribution in [-0.4, -0.2) is 42.2 Å². The van der Waals surface area contributed by atoms with Crippen LogP contribution in [0.2, 0.25) is 0 Å². The number of alkyl halides is 2. The number of nitro benzene ring substituents is 1. The molecule has 0 saturated carbocycles. The van der Waals surface area contributed by atoms with E-state index in [-0.39, 0.29) is 30.0 Å². The van der Waals surface area contributed by atoms with Crippen molar-refractivity contribution in [3.8, 4) is 0 Å². The number of carbonyl (C=O) groups excluding carboxylic acids is 2. The fourth-order valence-electron chi connectivity index (χ4n) is 3.83. The highest BCUT2D eigenvalue weighted by Crippen LogP contribution is 2.33. The van der Waals surface area contributed by atoms with Gasteiger partial charge >= 0.3 is 0 Å². The second-order valence-corrected chi connectivity index (χ2v) is 7.59. The summed E-state index contributed by atoms with van der Waals surface area (Å²) in [4.78, 5) is 36.3. The first-order valence-corrected chi connectivity index (χ1v) is 9.89. The number of fused-ring (bicyclic) bond motifs is 2. The number of benzene rings is 2. The third-order valence-electron chi connectivity index (χ3n) is 5.33. The molecule has 0 radical (unpaired) electrons. The Balaban J connectivity index is 0.000000179. The maximum atomic E-state index is 12.6. The van der Waals surface area contributed by atoms with Crippen molar-refractivity contribution < 1.29 is 23.3 Å². The van der Waals surface area contributed by atoms with Gasteiger partial charge in [0.2, 0.25) is 11.8 Å². The monoisotopic (exact) mass is 431 g/mol. The number of para-hydroxylation sites is 1. The molecule has 0 fully saturated rings. The zero-order valence-corrected chi connectivity index (χ0v) is 17.3. The van der Waals surface area contributed by atoms with E-state index in [0.29, 0.717) is 17.7 Å². The molecule has 0 aliphatic carbocycles. The summed E-state index contributed by atoms with van der Waals surface area (Å²) in [5.74, 6) is -0.220. The van der Waals surface area contributed by atoms with E-state index >= 15 is 0 Å².